The summed E-state index contributed by atoms with van der Waals surface area (Å²) in [6, 6.07) is 3.75. The van der Waals surface area contributed by atoms with Crippen LogP contribution in [0.2, 0.25) is 5.02 Å². The molecule has 2 rings (SSSR count). The van der Waals surface area contributed by atoms with Crippen molar-refractivity contribution < 1.29 is 4.79 Å². The Labute approximate surface area is 125 Å². The molecule has 4 nitrogen and oxygen atoms in total. The molecule has 1 fully saturated rings. The lowest BCUT2D eigenvalue weighted by atomic mass is 10.1. The normalized spacial score (nSPS) is 17.8. The van der Waals surface area contributed by atoms with Crippen LogP contribution >= 0.6 is 11.6 Å². The highest BCUT2D eigenvalue weighted by Crippen LogP contribution is 2.27. The molecule has 5 heteroatoms. The molecular formula is C15H22ClN3O. The number of carbonyl (C=O) groups is 1. The van der Waals surface area contributed by atoms with E-state index in [2.05, 4.69) is 15.5 Å². The van der Waals surface area contributed by atoms with Crippen LogP contribution in [0.1, 0.15) is 18.1 Å². The molecule has 0 radical (unpaired) electrons. The molecule has 1 aliphatic rings. The van der Waals surface area contributed by atoms with Crippen LogP contribution in [0.4, 0.5) is 5.69 Å². The topological polar surface area (TPSA) is 44.4 Å². The Kier molecular flexibility index (Phi) is 5.02. The quantitative estimate of drug-likeness (QED) is 0.898. The van der Waals surface area contributed by atoms with Crippen molar-refractivity contribution in [2.24, 2.45) is 0 Å². The van der Waals surface area contributed by atoms with E-state index in [-0.39, 0.29) is 11.9 Å². The minimum atomic E-state index is -0.145. The van der Waals surface area contributed by atoms with Crippen molar-refractivity contribution in [3.05, 3.63) is 28.3 Å². The number of halogens is 1. The van der Waals surface area contributed by atoms with Crippen molar-refractivity contribution in [1.29, 1.82) is 0 Å². The number of benzene rings is 1. The molecule has 1 heterocycles. The van der Waals surface area contributed by atoms with Gasteiger partial charge in [-0.05, 0) is 38.0 Å². The molecule has 0 saturated carbocycles. The number of hydrogen-bond donors (Lipinski definition) is 2. The number of piperazine rings is 1. The standard InChI is InChI=1S/C15H22ClN3O/c1-10-8-11(2)14(13(16)9-10)18-15(20)12(3)19-6-4-17-5-7-19/h8-9,12,17H,4-7H2,1-3H3,(H,18,20). The number of hydrogen-bond acceptors (Lipinski definition) is 3. The summed E-state index contributed by atoms with van der Waals surface area (Å²) in [4.78, 5) is 14.6. The SMILES string of the molecule is Cc1cc(C)c(NC(=O)C(C)N2CCNCC2)c(Cl)c1. The van der Waals surface area contributed by atoms with Gasteiger partial charge in [-0.2, -0.15) is 0 Å². The van der Waals surface area contributed by atoms with Gasteiger partial charge < -0.3 is 10.6 Å². The first kappa shape index (κ1) is 15.3. The first-order valence-corrected chi connectivity index (χ1v) is 7.39. The smallest absolute Gasteiger partial charge is 0.241 e. The second-order valence-corrected chi connectivity index (χ2v) is 5.80. The number of nitrogens with zero attached hydrogens (tertiary/aromatic N) is 1. The Morgan fingerprint density at radius 2 is 2.00 bits per heavy atom. The molecule has 2 N–H and O–H groups in total. The summed E-state index contributed by atoms with van der Waals surface area (Å²) in [5.74, 6) is 0.000697. The average Bonchev–Trinajstić information content (AvgIpc) is 2.42. The van der Waals surface area contributed by atoms with Gasteiger partial charge in [0.15, 0.2) is 0 Å². The van der Waals surface area contributed by atoms with Gasteiger partial charge in [0.1, 0.15) is 0 Å². The van der Waals surface area contributed by atoms with Crippen LogP contribution in [-0.2, 0) is 4.79 Å². The molecule has 20 heavy (non-hydrogen) atoms. The van der Waals surface area contributed by atoms with Gasteiger partial charge in [-0.1, -0.05) is 17.7 Å². The maximum Gasteiger partial charge on any atom is 0.241 e. The third kappa shape index (κ3) is 3.51. The summed E-state index contributed by atoms with van der Waals surface area (Å²) < 4.78 is 0. The highest BCUT2D eigenvalue weighted by atomic mass is 35.5. The Morgan fingerprint density at radius 1 is 1.35 bits per heavy atom. The van der Waals surface area contributed by atoms with Crippen LogP contribution in [0.15, 0.2) is 12.1 Å². The van der Waals surface area contributed by atoms with Crippen molar-refractivity contribution >= 4 is 23.2 Å². The van der Waals surface area contributed by atoms with E-state index in [1.54, 1.807) is 0 Å². The summed E-state index contributed by atoms with van der Waals surface area (Å²) in [7, 11) is 0. The third-order valence-electron chi connectivity index (χ3n) is 3.76. The molecule has 0 aromatic heterocycles. The summed E-state index contributed by atoms with van der Waals surface area (Å²) in [5.41, 5.74) is 2.82. The zero-order valence-corrected chi connectivity index (χ0v) is 13.0. The van der Waals surface area contributed by atoms with Gasteiger partial charge in [0.05, 0.1) is 16.8 Å². The minimum absolute atomic E-state index is 0.000697. The molecule has 1 saturated heterocycles. The van der Waals surface area contributed by atoms with Crippen LogP contribution < -0.4 is 10.6 Å². The molecule has 0 aliphatic carbocycles. The molecule has 0 spiro atoms. The van der Waals surface area contributed by atoms with Crippen LogP contribution in [-0.4, -0.2) is 43.0 Å². The number of carbonyl (C=O) groups excluding carboxylic acids is 1. The van der Waals surface area contributed by atoms with Gasteiger partial charge in [-0.25, -0.2) is 0 Å². The van der Waals surface area contributed by atoms with Gasteiger partial charge in [0, 0.05) is 26.2 Å². The zero-order chi connectivity index (χ0) is 14.7. The van der Waals surface area contributed by atoms with Crippen LogP contribution in [0.25, 0.3) is 0 Å². The summed E-state index contributed by atoms with van der Waals surface area (Å²) in [5, 5.41) is 6.86. The van der Waals surface area contributed by atoms with Gasteiger partial charge in [0.2, 0.25) is 5.91 Å². The summed E-state index contributed by atoms with van der Waals surface area (Å²) >= 11 is 6.23. The monoisotopic (exact) mass is 295 g/mol. The molecule has 110 valence electrons. The first-order valence-electron chi connectivity index (χ1n) is 7.01. The summed E-state index contributed by atoms with van der Waals surface area (Å²) in [6.07, 6.45) is 0. The van der Waals surface area contributed by atoms with Gasteiger partial charge in [-0.3, -0.25) is 9.69 Å². The van der Waals surface area contributed by atoms with E-state index >= 15 is 0 Å². The summed E-state index contributed by atoms with van der Waals surface area (Å²) in [6.45, 7) is 9.56. The van der Waals surface area contributed by atoms with Crippen molar-refractivity contribution in [2.75, 3.05) is 31.5 Å². The van der Waals surface area contributed by atoms with Crippen molar-refractivity contribution in [3.8, 4) is 0 Å². The third-order valence-corrected chi connectivity index (χ3v) is 4.06. The van der Waals surface area contributed by atoms with Gasteiger partial charge in [0.25, 0.3) is 0 Å². The molecular weight excluding hydrogens is 274 g/mol. The lowest BCUT2D eigenvalue weighted by Crippen LogP contribution is -2.51. The molecule has 1 aliphatic heterocycles. The molecule has 0 bridgehead atoms. The zero-order valence-electron chi connectivity index (χ0n) is 12.3. The van der Waals surface area contributed by atoms with E-state index in [4.69, 9.17) is 11.6 Å². The van der Waals surface area contributed by atoms with E-state index in [9.17, 15) is 4.79 Å². The van der Waals surface area contributed by atoms with Crippen molar-refractivity contribution in [3.63, 3.8) is 0 Å². The Hall–Kier alpha value is -1.10. The fourth-order valence-electron chi connectivity index (χ4n) is 2.54. The Balaban J connectivity index is 2.07. The fourth-order valence-corrected chi connectivity index (χ4v) is 2.91. The van der Waals surface area contributed by atoms with Crippen LogP contribution in [0, 0.1) is 13.8 Å². The highest BCUT2D eigenvalue weighted by molar-refractivity contribution is 6.34. The molecule has 1 unspecified atom stereocenters. The predicted octanol–water partition coefficient (Wildman–Crippen LogP) is 2.19. The Bertz CT molecular complexity index is 475. The minimum Gasteiger partial charge on any atom is -0.323 e. The maximum absolute atomic E-state index is 12.4. The number of aryl methyl sites for hydroxylation is 2. The van der Waals surface area contributed by atoms with Gasteiger partial charge in [-0.15, -0.1) is 0 Å². The molecule has 1 aromatic carbocycles. The lowest BCUT2D eigenvalue weighted by Gasteiger charge is -2.32. The predicted molar refractivity (Wildman–Crippen MR) is 83.5 cm³/mol. The van der Waals surface area contributed by atoms with Crippen molar-refractivity contribution in [2.45, 2.75) is 26.8 Å². The number of rotatable bonds is 3. The number of amides is 1. The van der Waals surface area contributed by atoms with E-state index in [1.165, 1.54) is 0 Å². The lowest BCUT2D eigenvalue weighted by molar-refractivity contribution is -0.120. The van der Waals surface area contributed by atoms with E-state index in [1.807, 2.05) is 32.9 Å². The van der Waals surface area contributed by atoms with E-state index < -0.39 is 0 Å². The largest absolute Gasteiger partial charge is 0.323 e. The van der Waals surface area contributed by atoms with E-state index in [0.29, 0.717) is 5.02 Å². The van der Waals surface area contributed by atoms with Crippen LogP contribution in [0.5, 0.6) is 0 Å². The maximum atomic E-state index is 12.4. The molecule has 1 amide bonds. The van der Waals surface area contributed by atoms with Crippen molar-refractivity contribution in [1.82, 2.24) is 10.2 Å². The molecule has 1 aromatic rings. The van der Waals surface area contributed by atoms with Gasteiger partial charge >= 0.3 is 0 Å². The fraction of sp³-hybridized carbons (Fsp3) is 0.533. The Morgan fingerprint density at radius 3 is 2.60 bits per heavy atom. The van der Waals surface area contributed by atoms with E-state index in [0.717, 1.165) is 43.0 Å². The second-order valence-electron chi connectivity index (χ2n) is 5.39. The molecule has 1 atom stereocenters. The number of anilines is 1. The number of nitrogens with one attached hydrogen (secondary N) is 2. The first-order chi connectivity index (χ1) is 9.49. The van der Waals surface area contributed by atoms with Crippen LogP contribution in [0.3, 0.4) is 0 Å². The highest BCUT2D eigenvalue weighted by Gasteiger charge is 2.23. The average molecular weight is 296 g/mol. The second kappa shape index (κ2) is 6.57.